The number of anilines is 1. The molecule has 1 heterocycles. The Morgan fingerprint density at radius 2 is 2.21 bits per heavy atom. The second-order valence-electron chi connectivity index (χ2n) is 4.99. The van der Waals surface area contributed by atoms with Crippen molar-refractivity contribution >= 4 is 23.2 Å². The molecule has 1 amide bonds. The molecule has 1 aromatic carbocycles. The molecule has 1 aromatic rings. The van der Waals surface area contributed by atoms with Gasteiger partial charge in [0.25, 0.3) is 0 Å². The molecule has 1 aliphatic rings. The Labute approximate surface area is 119 Å². The van der Waals surface area contributed by atoms with Crippen molar-refractivity contribution in [2.75, 3.05) is 18.4 Å². The molecule has 0 spiro atoms. The van der Waals surface area contributed by atoms with E-state index in [9.17, 15) is 4.79 Å². The van der Waals surface area contributed by atoms with E-state index in [4.69, 9.17) is 11.6 Å². The van der Waals surface area contributed by atoms with Crippen LogP contribution in [0.1, 0.15) is 19.3 Å². The summed E-state index contributed by atoms with van der Waals surface area (Å²) in [6.07, 6.45) is 4.22. The molecule has 0 bridgehead atoms. The second-order valence-corrected chi connectivity index (χ2v) is 5.42. The van der Waals surface area contributed by atoms with Crippen LogP contribution in [0.25, 0.3) is 0 Å². The highest BCUT2D eigenvalue weighted by molar-refractivity contribution is 6.30. The molecule has 0 atom stereocenters. The van der Waals surface area contributed by atoms with Gasteiger partial charge < -0.3 is 10.6 Å². The van der Waals surface area contributed by atoms with Gasteiger partial charge in [-0.3, -0.25) is 4.79 Å². The number of halogens is 1. The lowest BCUT2D eigenvalue weighted by atomic mass is 9.75. The minimum atomic E-state index is -0.338. The number of carbonyl (C=O) groups excluding carboxylic acids is 1. The first-order chi connectivity index (χ1) is 9.16. The maximum absolute atomic E-state index is 12.6. The molecule has 0 radical (unpaired) electrons. The van der Waals surface area contributed by atoms with Gasteiger partial charge >= 0.3 is 0 Å². The number of hydrogen-bond donors (Lipinski definition) is 2. The van der Waals surface area contributed by atoms with E-state index in [1.807, 2.05) is 18.2 Å². The summed E-state index contributed by atoms with van der Waals surface area (Å²) in [5.74, 6) is 0.0659. The third-order valence-electron chi connectivity index (χ3n) is 3.66. The molecule has 3 nitrogen and oxygen atoms in total. The van der Waals surface area contributed by atoms with Crippen molar-refractivity contribution in [1.29, 1.82) is 0 Å². The first-order valence-corrected chi connectivity index (χ1v) is 6.93. The number of benzene rings is 1. The quantitative estimate of drug-likeness (QED) is 0.831. The number of nitrogens with one attached hydrogen (secondary N) is 2. The third-order valence-corrected chi connectivity index (χ3v) is 3.89. The lowest BCUT2D eigenvalue weighted by molar-refractivity contribution is -0.126. The number of rotatable bonds is 4. The van der Waals surface area contributed by atoms with Crippen LogP contribution in [0.4, 0.5) is 5.69 Å². The number of piperidine rings is 1. The largest absolute Gasteiger partial charge is 0.326 e. The van der Waals surface area contributed by atoms with Crippen LogP contribution in [0.15, 0.2) is 36.9 Å². The van der Waals surface area contributed by atoms with Gasteiger partial charge in [0.15, 0.2) is 0 Å². The fourth-order valence-corrected chi connectivity index (χ4v) is 2.73. The van der Waals surface area contributed by atoms with Crippen LogP contribution in [0, 0.1) is 5.41 Å². The predicted molar refractivity (Wildman–Crippen MR) is 79.4 cm³/mol. The molecule has 19 heavy (non-hydrogen) atoms. The van der Waals surface area contributed by atoms with Crippen LogP contribution < -0.4 is 10.6 Å². The highest BCUT2D eigenvalue weighted by atomic mass is 35.5. The minimum absolute atomic E-state index is 0.0659. The molecule has 0 aliphatic carbocycles. The Balaban J connectivity index is 2.13. The Hall–Kier alpha value is -1.32. The highest BCUT2D eigenvalue weighted by Gasteiger charge is 2.38. The minimum Gasteiger partial charge on any atom is -0.326 e. The van der Waals surface area contributed by atoms with Gasteiger partial charge in [-0.15, -0.1) is 6.58 Å². The van der Waals surface area contributed by atoms with E-state index in [0.717, 1.165) is 31.6 Å². The molecule has 2 rings (SSSR count). The van der Waals surface area contributed by atoms with Crippen molar-refractivity contribution in [2.45, 2.75) is 19.3 Å². The van der Waals surface area contributed by atoms with Crippen LogP contribution in [0.2, 0.25) is 5.02 Å². The standard InChI is InChI=1S/C15H19ClN2O/c1-2-6-15(7-9-17-10-8-15)14(19)18-13-5-3-4-12(16)11-13/h2-5,11,17H,1,6-10H2,(H,18,19). The molecular formula is C15H19ClN2O. The first-order valence-electron chi connectivity index (χ1n) is 6.55. The highest BCUT2D eigenvalue weighted by Crippen LogP contribution is 2.34. The van der Waals surface area contributed by atoms with E-state index in [1.165, 1.54) is 0 Å². The molecule has 0 saturated carbocycles. The van der Waals surface area contributed by atoms with E-state index >= 15 is 0 Å². The number of carbonyl (C=O) groups is 1. The average Bonchev–Trinajstić information content (AvgIpc) is 2.40. The van der Waals surface area contributed by atoms with E-state index in [-0.39, 0.29) is 11.3 Å². The van der Waals surface area contributed by atoms with Gasteiger partial charge in [-0.1, -0.05) is 23.7 Å². The third kappa shape index (κ3) is 3.37. The molecule has 102 valence electrons. The normalized spacial score (nSPS) is 17.7. The van der Waals surface area contributed by atoms with Crippen molar-refractivity contribution < 1.29 is 4.79 Å². The molecule has 0 unspecified atom stereocenters. The van der Waals surface area contributed by atoms with E-state index in [1.54, 1.807) is 12.1 Å². The van der Waals surface area contributed by atoms with Gasteiger partial charge in [0.1, 0.15) is 0 Å². The summed E-state index contributed by atoms with van der Waals surface area (Å²) < 4.78 is 0. The van der Waals surface area contributed by atoms with Gasteiger partial charge in [0.2, 0.25) is 5.91 Å². The van der Waals surface area contributed by atoms with Crippen LogP contribution in [-0.2, 0) is 4.79 Å². The lowest BCUT2D eigenvalue weighted by Crippen LogP contribution is -2.44. The average molecular weight is 279 g/mol. The lowest BCUT2D eigenvalue weighted by Gasteiger charge is -2.35. The topological polar surface area (TPSA) is 41.1 Å². The SMILES string of the molecule is C=CCC1(C(=O)Nc2cccc(Cl)c2)CCNCC1. The Bertz CT molecular complexity index is 467. The van der Waals surface area contributed by atoms with E-state index in [2.05, 4.69) is 17.2 Å². The monoisotopic (exact) mass is 278 g/mol. The Morgan fingerprint density at radius 1 is 1.47 bits per heavy atom. The summed E-state index contributed by atoms with van der Waals surface area (Å²) in [4.78, 5) is 12.6. The fourth-order valence-electron chi connectivity index (χ4n) is 2.54. The summed E-state index contributed by atoms with van der Waals surface area (Å²) in [6.45, 7) is 5.53. The molecule has 1 saturated heterocycles. The van der Waals surface area contributed by atoms with Crippen LogP contribution >= 0.6 is 11.6 Å². The zero-order valence-corrected chi connectivity index (χ0v) is 11.7. The number of amides is 1. The number of hydrogen-bond acceptors (Lipinski definition) is 2. The Kier molecular flexibility index (Phi) is 4.61. The maximum Gasteiger partial charge on any atom is 0.231 e. The van der Waals surface area contributed by atoms with Crippen LogP contribution in [0.3, 0.4) is 0 Å². The van der Waals surface area contributed by atoms with E-state index in [0.29, 0.717) is 11.4 Å². The van der Waals surface area contributed by atoms with Gasteiger partial charge in [0, 0.05) is 10.7 Å². The van der Waals surface area contributed by atoms with Gasteiger partial charge in [-0.05, 0) is 50.6 Å². The molecule has 1 fully saturated rings. The molecule has 2 N–H and O–H groups in total. The van der Waals surface area contributed by atoms with Gasteiger partial charge in [-0.2, -0.15) is 0 Å². The molecule has 1 aliphatic heterocycles. The second kappa shape index (κ2) is 6.22. The van der Waals surface area contributed by atoms with Crippen molar-refractivity contribution in [2.24, 2.45) is 5.41 Å². The van der Waals surface area contributed by atoms with Crippen LogP contribution in [0.5, 0.6) is 0 Å². The van der Waals surface area contributed by atoms with Crippen molar-refractivity contribution in [3.8, 4) is 0 Å². The summed E-state index contributed by atoms with van der Waals surface area (Å²) in [5, 5.41) is 6.90. The molecule has 0 aromatic heterocycles. The predicted octanol–water partition coefficient (Wildman–Crippen LogP) is 3.22. The first kappa shape index (κ1) is 14.1. The zero-order chi connectivity index (χ0) is 13.7. The van der Waals surface area contributed by atoms with Crippen molar-refractivity contribution in [3.05, 3.63) is 41.9 Å². The summed E-state index contributed by atoms with van der Waals surface area (Å²) in [6, 6.07) is 7.25. The number of allylic oxidation sites excluding steroid dienone is 1. The fraction of sp³-hybridized carbons (Fsp3) is 0.400. The maximum atomic E-state index is 12.6. The summed E-state index contributed by atoms with van der Waals surface area (Å²) in [7, 11) is 0. The Morgan fingerprint density at radius 3 is 2.84 bits per heavy atom. The van der Waals surface area contributed by atoms with Gasteiger partial charge in [0.05, 0.1) is 5.41 Å². The van der Waals surface area contributed by atoms with E-state index < -0.39 is 0 Å². The smallest absolute Gasteiger partial charge is 0.231 e. The van der Waals surface area contributed by atoms with Crippen molar-refractivity contribution in [1.82, 2.24) is 5.32 Å². The van der Waals surface area contributed by atoms with Crippen LogP contribution in [-0.4, -0.2) is 19.0 Å². The molecule has 4 heteroatoms. The van der Waals surface area contributed by atoms with Gasteiger partial charge in [-0.25, -0.2) is 0 Å². The zero-order valence-electron chi connectivity index (χ0n) is 10.9. The summed E-state index contributed by atoms with van der Waals surface area (Å²) >= 11 is 5.93. The summed E-state index contributed by atoms with van der Waals surface area (Å²) in [5.41, 5.74) is 0.412. The van der Waals surface area contributed by atoms with Crippen molar-refractivity contribution in [3.63, 3.8) is 0 Å². The molecular weight excluding hydrogens is 260 g/mol.